The van der Waals surface area contributed by atoms with Gasteiger partial charge in [0, 0.05) is 43.8 Å². The minimum Gasteiger partial charge on any atom is -0.356 e. The summed E-state index contributed by atoms with van der Waals surface area (Å²) >= 11 is 0. The van der Waals surface area contributed by atoms with E-state index in [4.69, 9.17) is 0 Å². The lowest BCUT2D eigenvalue weighted by Gasteiger charge is -2.32. The number of anilines is 1. The van der Waals surface area contributed by atoms with E-state index in [1.54, 1.807) is 18.6 Å². The van der Waals surface area contributed by atoms with E-state index in [-0.39, 0.29) is 0 Å². The molecule has 0 aliphatic carbocycles. The zero-order valence-corrected chi connectivity index (χ0v) is 14.2. The maximum atomic E-state index is 10.5. The third-order valence-corrected chi connectivity index (χ3v) is 4.77. The lowest BCUT2D eigenvalue weighted by molar-refractivity contribution is 0.381. The average molecular weight is 347 g/mol. The molecule has 2 aromatic heterocycles. The second kappa shape index (κ2) is 8.16. The Labute approximate surface area is 143 Å². The minimum atomic E-state index is -2.48. The summed E-state index contributed by atoms with van der Waals surface area (Å²) in [6.45, 7) is 2.39. The van der Waals surface area contributed by atoms with Crippen LogP contribution in [0.25, 0.3) is 11.4 Å². The zero-order valence-electron chi connectivity index (χ0n) is 13.3. The second-order valence-electron chi connectivity index (χ2n) is 5.86. The van der Waals surface area contributed by atoms with Crippen LogP contribution < -0.4 is 9.62 Å². The molecule has 0 radical (unpaired) electrons. The Morgan fingerprint density at radius 2 is 2.04 bits per heavy atom. The van der Waals surface area contributed by atoms with E-state index >= 15 is 0 Å². The van der Waals surface area contributed by atoms with Gasteiger partial charge in [-0.15, -0.1) is 0 Å². The molecule has 1 aliphatic heterocycles. The fourth-order valence-electron chi connectivity index (χ4n) is 2.97. The maximum absolute atomic E-state index is 10.5. The largest absolute Gasteiger partial charge is 0.356 e. The molecule has 0 unspecified atom stereocenters. The molecule has 0 aromatic carbocycles. The van der Waals surface area contributed by atoms with Crippen LogP contribution in [-0.4, -0.2) is 43.0 Å². The van der Waals surface area contributed by atoms with Gasteiger partial charge in [-0.3, -0.25) is 4.98 Å². The SMILES string of the molecule is O=[SH](=O)NCCC1CCN(c2ccnc(-c3cccnc3)n2)CC1. The molecule has 0 saturated carbocycles. The molecule has 0 amide bonds. The van der Waals surface area contributed by atoms with Gasteiger partial charge in [0.2, 0.25) is 10.9 Å². The summed E-state index contributed by atoms with van der Waals surface area (Å²) in [6.07, 6.45) is 8.26. The van der Waals surface area contributed by atoms with Gasteiger partial charge in [-0.1, -0.05) is 0 Å². The molecule has 1 aliphatic rings. The van der Waals surface area contributed by atoms with Crippen molar-refractivity contribution >= 4 is 16.7 Å². The molecule has 128 valence electrons. The van der Waals surface area contributed by atoms with Crippen LogP contribution in [0.1, 0.15) is 19.3 Å². The number of piperidine rings is 1. The van der Waals surface area contributed by atoms with Crippen LogP contribution in [-0.2, 0) is 10.9 Å². The summed E-state index contributed by atoms with van der Waals surface area (Å²) in [5.41, 5.74) is 0.909. The molecule has 0 spiro atoms. The van der Waals surface area contributed by atoms with E-state index in [1.807, 2.05) is 18.2 Å². The van der Waals surface area contributed by atoms with E-state index < -0.39 is 10.9 Å². The Hall–Kier alpha value is -2.06. The number of rotatable bonds is 6. The second-order valence-corrected chi connectivity index (χ2v) is 6.69. The quantitative estimate of drug-likeness (QED) is 0.765. The topological polar surface area (TPSA) is 88.1 Å². The van der Waals surface area contributed by atoms with Crippen LogP contribution in [0.2, 0.25) is 0 Å². The number of hydrogen-bond donors (Lipinski definition) is 2. The molecule has 24 heavy (non-hydrogen) atoms. The highest BCUT2D eigenvalue weighted by atomic mass is 32.2. The van der Waals surface area contributed by atoms with Crippen LogP contribution in [0.3, 0.4) is 0 Å². The fourth-order valence-corrected chi connectivity index (χ4v) is 3.28. The van der Waals surface area contributed by atoms with Crippen molar-refractivity contribution < 1.29 is 8.42 Å². The maximum Gasteiger partial charge on any atom is 0.201 e. The summed E-state index contributed by atoms with van der Waals surface area (Å²) in [5.74, 6) is 2.18. The first-order valence-electron chi connectivity index (χ1n) is 8.08. The summed E-state index contributed by atoms with van der Waals surface area (Å²) in [7, 11) is -2.48. The van der Waals surface area contributed by atoms with Gasteiger partial charge < -0.3 is 4.90 Å². The summed E-state index contributed by atoms with van der Waals surface area (Å²) < 4.78 is 23.5. The molecule has 1 N–H and O–H groups in total. The highest BCUT2D eigenvalue weighted by molar-refractivity contribution is 7.70. The van der Waals surface area contributed by atoms with Crippen molar-refractivity contribution in [2.24, 2.45) is 5.92 Å². The molecular formula is C16H21N5O2S. The molecule has 1 fully saturated rings. The van der Waals surface area contributed by atoms with E-state index in [9.17, 15) is 8.42 Å². The summed E-state index contributed by atoms with van der Waals surface area (Å²) in [4.78, 5) is 15.4. The molecule has 8 heteroatoms. The van der Waals surface area contributed by atoms with Gasteiger partial charge in [0.05, 0.1) is 0 Å². The minimum absolute atomic E-state index is 0.530. The Morgan fingerprint density at radius 1 is 1.21 bits per heavy atom. The van der Waals surface area contributed by atoms with Crippen LogP contribution in [0.4, 0.5) is 5.82 Å². The molecule has 0 bridgehead atoms. The lowest BCUT2D eigenvalue weighted by Crippen LogP contribution is -2.35. The molecular weight excluding hydrogens is 326 g/mol. The predicted octanol–water partition coefficient (Wildman–Crippen LogP) is 1.26. The van der Waals surface area contributed by atoms with Gasteiger partial charge in [0.25, 0.3) is 0 Å². The smallest absolute Gasteiger partial charge is 0.201 e. The molecule has 7 nitrogen and oxygen atoms in total. The molecule has 2 aromatic rings. The third kappa shape index (κ3) is 4.48. The van der Waals surface area contributed by atoms with Crippen molar-refractivity contribution in [2.75, 3.05) is 24.5 Å². The first-order valence-corrected chi connectivity index (χ1v) is 9.26. The molecule has 0 atom stereocenters. The molecule has 1 saturated heterocycles. The van der Waals surface area contributed by atoms with Gasteiger partial charge in [-0.05, 0) is 43.4 Å². The zero-order chi connectivity index (χ0) is 16.8. The Morgan fingerprint density at radius 3 is 2.75 bits per heavy atom. The van der Waals surface area contributed by atoms with Crippen LogP contribution >= 0.6 is 0 Å². The van der Waals surface area contributed by atoms with E-state index in [2.05, 4.69) is 24.6 Å². The van der Waals surface area contributed by atoms with Gasteiger partial charge >= 0.3 is 0 Å². The number of pyridine rings is 1. The summed E-state index contributed by atoms with van der Waals surface area (Å²) in [6, 6.07) is 5.76. The molecule has 3 heterocycles. The first kappa shape index (κ1) is 16.8. The first-order chi connectivity index (χ1) is 11.7. The van der Waals surface area contributed by atoms with Crippen molar-refractivity contribution in [1.82, 2.24) is 19.7 Å². The standard InChI is InChI=1S/C16H21N5O2S/c22-24(23)19-9-3-13-5-10-21(11-6-13)15-4-8-18-16(20-15)14-2-1-7-17-12-14/h1-2,4,7-8,12-13,24H,3,5-6,9-11H2,(H,19,22,23). The molecule has 3 rings (SSSR count). The van der Waals surface area contributed by atoms with Crippen molar-refractivity contribution in [3.63, 3.8) is 0 Å². The van der Waals surface area contributed by atoms with Crippen LogP contribution in [0, 0.1) is 5.92 Å². The lowest BCUT2D eigenvalue weighted by atomic mass is 9.94. The third-order valence-electron chi connectivity index (χ3n) is 4.29. The van der Waals surface area contributed by atoms with Crippen LogP contribution in [0.15, 0.2) is 36.8 Å². The van der Waals surface area contributed by atoms with Crippen molar-refractivity contribution in [3.8, 4) is 11.4 Å². The number of hydrogen-bond acceptors (Lipinski definition) is 6. The monoisotopic (exact) mass is 347 g/mol. The van der Waals surface area contributed by atoms with Crippen molar-refractivity contribution in [2.45, 2.75) is 19.3 Å². The summed E-state index contributed by atoms with van der Waals surface area (Å²) in [5, 5.41) is 0. The number of thiol groups is 1. The van der Waals surface area contributed by atoms with Crippen molar-refractivity contribution in [1.29, 1.82) is 0 Å². The highest BCUT2D eigenvalue weighted by Gasteiger charge is 2.20. The van der Waals surface area contributed by atoms with Gasteiger partial charge in [0.1, 0.15) is 5.82 Å². The van der Waals surface area contributed by atoms with E-state index in [0.717, 1.165) is 43.7 Å². The number of aromatic nitrogens is 3. The fraction of sp³-hybridized carbons (Fsp3) is 0.438. The van der Waals surface area contributed by atoms with E-state index in [0.29, 0.717) is 18.3 Å². The number of nitrogens with one attached hydrogen (secondary N) is 1. The van der Waals surface area contributed by atoms with Gasteiger partial charge in [-0.25, -0.2) is 23.1 Å². The normalized spacial score (nSPS) is 15.8. The number of nitrogens with zero attached hydrogens (tertiary/aromatic N) is 4. The Balaban J connectivity index is 1.59. The Kier molecular flexibility index (Phi) is 5.71. The van der Waals surface area contributed by atoms with Crippen molar-refractivity contribution in [3.05, 3.63) is 36.8 Å². The predicted molar refractivity (Wildman–Crippen MR) is 93.1 cm³/mol. The van der Waals surface area contributed by atoms with E-state index in [1.165, 1.54) is 0 Å². The highest BCUT2D eigenvalue weighted by Crippen LogP contribution is 2.25. The average Bonchev–Trinajstić information content (AvgIpc) is 2.63. The van der Waals surface area contributed by atoms with Gasteiger partial charge in [-0.2, -0.15) is 0 Å². The van der Waals surface area contributed by atoms with Gasteiger partial charge in [0.15, 0.2) is 5.82 Å². The van der Waals surface area contributed by atoms with Crippen LogP contribution in [0.5, 0.6) is 0 Å². The Bertz CT molecular complexity index is 722.